The number of H-pyrrole nitrogens is 1. The van der Waals surface area contributed by atoms with Gasteiger partial charge in [0.15, 0.2) is 0 Å². The van der Waals surface area contributed by atoms with Crippen molar-refractivity contribution in [1.29, 1.82) is 0 Å². The molecule has 0 saturated carbocycles. The first-order valence-electron chi connectivity index (χ1n) is 9.67. The Hall–Kier alpha value is -4.14. The normalized spacial score (nSPS) is 11.8. The van der Waals surface area contributed by atoms with Gasteiger partial charge in [-0.25, -0.2) is 4.98 Å². The van der Waals surface area contributed by atoms with Crippen molar-refractivity contribution in [2.45, 2.75) is 12.8 Å². The highest BCUT2D eigenvalue weighted by molar-refractivity contribution is 6.03. The predicted octanol–water partition coefficient (Wildman–Crippen LogP) is 4.75. The van der Waals surface area contributed by atoms with E-state index >= 15 is 0 Å². The van der Waals surface area contributed by atoms with Gasteiger partial charge in [-0.2, -0.15) is 5.10 Å². The lowest BCUT2D eigenvalue weighted by molar-refractivity contribution is -0.274. The Morgan fingerprint density at radius 2 is 1.72 bits per heavy atom. The molecule has 1 N–H and O–H groups in total. The number of fused-ring (bicyclic) bond motifs is 3. The lowest BCUT2D eigenvalue weighted by atomic mass is 10.1. The monoisotopic (exact) mass is 436 g/mol. The highest BCUT2D eigenvalue weighted by Crippen LogP contribution is 2.26. The zero-order valence-corrected chi connectivity index (χ0v) is 16.4. The molecule has 0 saturated heterocycles. The van der Waals surface area contributed by atoms with E-state index in [4.69, 9.17) is 0 Å². The summed E-state index contributed by atoms with van der Waals surface area (Å²) in [6, 6.07) is 18.3. The number of hydrogen-bond acceptors (Lipinski definition) is 4. The van der Waals surface area contributed by atoms with Gasteiger partial charge in [-0.05, 0) is 42.0 Å². The largest absolute Gasteiger partial charge is 0.573 e. The van der Waals surface area contributed by atoms with Gasteiger partial charge in [0.2, 0.25) is 0 Å². The Morgan fingerprint density at radius 1 is 0.969 bits per heavy atom. The van der Waals surface area contributed by atoms with Gasteiger partial charge in [-0.3, -0.25) is 14.5 Å². The summed E-state index contributed by atoms with van der Waals surface area (Å²) in [6.07, 6.45) is -2.88. The second-order valence-corrected chi connectivity index (χ2v) is 7.14. The Morgan fingerprint density at radius 3 is 2.44 bits per heavy atom. The molecule has 32 heavy (non-hydrogen) atoms. The first kappa shape index (κ1) is 19.8. The third-order valence-electron chi connectivity index (χ3n) is 5.07. The fourth-order valence-electron chi connectivity index (χ4n) is 3.73. The van der Waals surface area contributed by atoms with Crippen molar-refractivity contribution in [3.8, 4) is 11.4 Å². The van der Waals surface area contributed by atoms with Crippen molar-refractivity contribution in [1.82, 2.24) is 19.7 Å². The maximum Gasteiger partial charge on any atom is 0.573 e. The van der Waals surface area contributed by atoms with Crippen LogP contribution in [0.1, 0.15) is 11.3 Å². The van der Waals surface area contributed by atoms with Gasteiger partial charge in [0.1, 0.15) is 11.4 Å². The van der Waals surface area contributed by atoms with E-state index in [0.29, 0.717) is 33.5 Å². The number of benzene rings is 2. The Bertz CT molecular complexity index is 1470. The predicted molar refractivity (Wildman–Crippen MR) is 113 cm³/mol. The molecule has 160 valence electrons. The molecule has 6 nitrogen and oxygen atoms in total. The van der Waals surface area contributed by atoms with Crippen LogP contribution in [0.3, 0.4) is 0 Å². The summed E-state index contributed by atoms with van der Waals surface area (Å²) in [5.74, 6) is -0.309. The van der Waals surface area contributed by atoms with Gasteiger partial charge < -0.3 is 4.74 Å². The summed E-state index contributed by atoms with van der Waals surface area (Å²) in [5.41, 5.74) is 2.63. The minimum absolute atomic E-state index is 0.252. The van der Waals surface area contributed by atoms with Crippen molar-refractivity contribution < 1.29 is 17.9 Å². The smallest absolute Gasteiger partial charge is 0.406 e. The summed E-state index contributed by atoms with van der Waals surface area (Å²) in [4.78, 5) is 18.0. The summed E-state index contributed by atoms with van der Waals surface area (Å²) in [6.45, 7) is 0. The molecule has 0 atom stereocenters. The van der Waals surface area contributed by atoms with Crippen LogP contribution in [-0.4, -0.2) is 26.1 Å². The molecule has 5 rings (SSSR count). The van der Waals surface area contributed by atoms with E-state index in [9.17, 15) is 18.0 Å². The number of halogens is 3. The topological polar surface area (TPSA) is 72.8 Å². The zero-order valence-electron chi connectivity index (χ0n) is 16.4. The first-order chi connectivity index (χ1) is 15.4. The van der Waals surface area contributed by atoms with Crippen LogP contribution in [-0.2, 0) is 6.42 Å². The molecule has 9 heteroatoms. The summed E-state index contributed by atoms with van der Waals surface area (Å²) >= 11 is 0. The molecule has 0 aliphatic carbocycles. The number of aromatic nitrogens is 4. The first-order valence-corrected chi connectivity index (χ1v) is 9.67. The third kappa shape index (κ3) is 3.58. The van der Waals surface area contributed by atoms with Gasteiger partial charge in [0.05, 0.1) is 22.3 Å². The number of nitrogens with one attached hydrogen (secondary N) is 1. The van der Waals surface area contributed by atoms with Crippen molar-refractivity contribution in [3.63, 3.8) is 0 Å². The number of aromatic amines is 1. The number of ether oxygens (including phenoxy) is 1. The average Bonchev–Trinajstić information content (AvgIpc) is 3.19. The van der Waals surface area contributed by atoms with Crippen LogP contribution in [0, 0.1) is 0 Å². The molecule has 0 spiro atoms. The van der Waals surface area contributed by atoms with Crippen LogP contribution in [0.5, 0.6) is 5.75 Å². The summed E-state index contributed by atoms with van der Waals surface area (Å²) in [7, 11) is 0. The molecule has 0 radical (unpaired) electrons. The van der Waals surface area contributed by atoms with Crippen molar-refractivity contribution in [3.05, 3.63) is 94.5 Å². The number of pyridine rings is 2. The van der Waals surface area contributed by atoms with E-state index in [-0.39, 0.29) is 17.7 Å². The quantitative estimate of drug-likeness (QED) is 0.441. The van der Waals surface area contributed by atoms with E-state index in [2.05, 4.69) is 19.9 Å². The molecule has 0 bridgehead atoms. The fourth-order valence-corrected chi connectivity index (χ4v) is 3.73. The van der Waals surface area contributed by atoms with Gasteiger partial charge >= 0.3 is 6.36 Å². The van der Waals surface area contributed by atoms with E-state index in [1.807, 2.05) is 36.4 Å². The minimum Gasteiger partial charge on any atom is -0.406 e. The van der Waals surface area contributed by atoms with Gasteiger partial charge in [0.25, 0.3) is 5.56 Å². The second kappa shape index (κ2) is 7.52. The van der Waals surface area contributed by atoms with Crippen LogP contribution in [0.25, 0.3) is 27.6 Å². The molecule has 0 aliphatic heterocycles. The maximum atomic E-state index is 13.5. The van der Waals surface area contributed by atoms with Crippen molar-refractivity contribution in [2.75, 3.05) is 0 Å². The molecule has 0 aliphatic rings. The highest BCUT2D eigenvalue weighted by atomic mass is 19.4. The van der Waals surface area contributed by atoms with Crippen LogP contribution in [0.2, 0.25) is 0 Å². The number of para-hydroxylation sites is 1. The third-order valence-corrected chi connectivity index (χ3v) is 5.07. The van der Waals surface area contributed by atoms with Crippen molar-refractivity contribution in [2.24, 2.45) is 0 Å². The molecule has 3 aromatic heterocycles. The molecule has 5 aromatic rings. The van der Waals surface area contributed by atoms with Gasteiger partial charge in [-0.15, -0.1) is 13.2 Å². The molecule has 0 unspecified atom stereocenters. The highest BCUT2D eigenvalue weighted by Gasteiger charge is 2.31. The second-order valence-electron chi connectivity index (χ2n) is 7.14. The van der Waals surface area contributed by atoms with Crippen molar-refractivity contribution >= 4 is 21.9 Å². The summed E-state index contributed by atoms with van der Waals surface area (Å²) in [5, 5.41) is 8.42. The van der Waals surface area contributed by atoms with E-state index < -0.39 is 6.36 Å². The van der Waals surface area contributed by atoms with Crippen LogP contribution >= 0.6 is 0 Å². The molecule has 0 fully saturated rings. The average molecular weight is 436 g/mol. The maximum absolute atomic E-state index is 13.5. The molecular formula is C23H15F3N4O2. The Kier molecular flexibility index (Phi) is 4.66. The van der Waals surface area contributed by atoms with E-state index in [1.54, 1.807) is 12.3 Å². The fraction of sp³-hybridized carbons (Fsp3) is 0.0870. The molecule has 2 aromatic carbocycles. The number of rotatable bonds is 4. The number of alkyl halides is 3. The van der Waals surface area contributed by atoms with Gasteiger partial charge in [-0.1, -0.05) is 30.3 Å². The van der Waals surface area contributed by atoms with Crippen LogP contribution < -0.4 is 10.3 Å². The Labute approximate surface area is 178 Å². The van der Waals surface area contributed by atoms with Crippen LogP contribution in [0.4, 0.5) is 13.2 Å². The number of hydrogen-bond donors (Lipinski definition) is 1. The number of nitrogens with zero attached hydrogens (tertiary/aromatic N) is 3. The molecule has 3 heterocycles. The standard InChI is InChI=1S/C23H15F3N4O2/c24-23(25,26)32-16-10-8-14(9-11-16)13-18-19-20(29-28-18)17-7-4-12-27-21(17)30(22(19)31)15-5-2-1-3-6-15/h1-12H,13H2,(H,28,29). The van der Waals surface area contributed by atoms with Gasteiger partial charge in [0, 0.05) is 18.0 Å². The van der Waals surface area contributed by atoms with E-state index in [1.165, 1.54) is 28.8 Å². The molecule has 0 amide bonds. The van der Waals surface area contributed by atoms with E-state index in [0.717, 1.165) is 5.39 Å². The van der Waals surface area contributed by atoms with Crippen LogP contribution in [0.15, 0.2) is 77.7 Å². The Balaban J connectivity index is 1.63. The molecular weight excluding hydrogens is 421 g/mol. The lowest BCUT2D eigenvalue weighted by Gasteiger charge is -2.11. The summed E-state index contributed by atoms with van der Waals surface area (Å²) < 4.78 is 42.6. The SMILES string of the molecule is O=c1c2c(Cc3ccc(OC(F)(F)F)cc3)n[nH]c2c2cccnc2n1-c1ccccc1. The lowest BCUT2D eigenvalue weighted by Crippen LogP contribution is -2.20. The zero-order chi connectivity index (χ0) is 22.3. The minimum atomic E-state index is -4.75.